The minimum atomic E-state index is -0.724. The van der Waals surface area contributed by atoms with Gasteiger partial charge in [0.2, 0.25) is 0 Å². The van der Waals surface area contributed by atoms with Crippen molar-refractivity contribution in [1.29, 1.82) is 0 Å². The van der Waals surface area contributed by atoms with Crippen LogP contribution < -0.4 is 9.64 Å². The summed E-state index contributed by atoms with van der Waals surface area (Å²) in [6.45, 7) is 1.86. The number of carbonyl (C=O) groups excluding carboxylic acids is 2. The van der Waals surface area contributed by atoms with Gasteiger partial charge in [-0.05, 0) is 53.6 Å². The molecule has 1 N–H and O–H groups in total. The van der Waals surface area contributed by atoms with Crippen molar-refractivity contribution < 1.29 is 19.4 Å². The van der Waals surface area contributed by atoms with E-state index in [4.69, 9.17) is 4.74 Å². The zero-order valence-corrected chi connectivity index (χ0v) is 18.9. The van der Waals surface area contributed by atoms with Crippen molar-refractivity contribution in [2.45, 2.75) is 13.0 Å². The number of anilines is 1. The van der Waals surface area contributed by atoms with E-state index in [1.165, 1.54) is 16.2 Å². The molecule has 5 nitrogen and oxygen atoms in total. The molecule has 3 aromatic carbocycles. The van der Waals surface area contributed by atoms with Gasteiger partial charge in [-0.25, -0.2) is 0 Å². The number of aryl methyl sites for hydroxylation is 1. The Morgan fingerprint density at radius 1 is 1.00 bits per heavy atom. The standard InChI is InChI=1S/C27H21NO4S/c1-16-15-18(12-13-21(16)32-2)25(29)23-24(22-11-6-14-33-22)28(27(31)26(23)30)20-10-5-8-17-7-3-4-9-19(17)20/h3-15,24,29H,1-2H3/b25-23-. The number of hydrogen-bond acceptors (Lipinski definition) is 5. The van der Waals surface area contributed by atoms with Crippen LogP contribution in [0.4, 0.5) is 5.69 Å². The van der Waals surface area contributed by atoms with Crippen molar-refractivity contribution in [2.24, 2.45) is 0 Å². The lowest BCUT2D eigenvalue weighted by Gasteiger charge is -2.25. The van der Waals surface area contributed by atoms with Crippen LogP contribution in [-0.2, 0) is 9.59 Å². The summed E-state index contributed by atoms with van der Waals surface area (Å²) in [7, 11) is 1.58. The van der Waals surface area contributed by atoms with Gasteiger partial charge in [-0.2, -0.15) is 0 Å². The van der Waals surface area contributed by atoms with E-state index in [0.717, 1.165) is 21.2 Å². The number of aliphatic hydroxyl groups excluding tert-OH is 1. The third kappa shape index (κ3) is 3.39. The van der Waals surface area contributed by atoms with Crippen LogP contribution in [-0.4, -0.2) is 23.9 Å². The van der Waals surface area contributed by atoms with Gasteiger partial charge in [0.25, 0.3) is 11.7 Å². The Kier molecular flexibility index (Phi) is 5.23. The average molecular weight is 456 g/mol. The first-order chi connectivity index (χ1) is 16.0. The van der Waals surface area contributed by atoms with E-state index in [-0.39, 0.29) is 11.3 Å². The normalized spacial score (nSPS) is 17.6. The van der Waals surface area contributed by atoms with Crippen molar-refractivity contribution in [3.8, 4) is 5.75 Å². The van der Waals surface area contributed by atoms with Gasteiger partial charge in [-0.1, -0.05) is 42.5 Å². The Morgan fingerprint density at radius 2 is 1.79 bits per heavy atom. The zero-order valence-electron chi connectivity index (χ0n) is 18.1. The molecule has 1 fully saturated rings. The molecule has 1 amide bonds. The maximum Gasteiger partial charge on any atom is 0.300 e. The first-order valence-corrected chi connectivity index (χ1v) is 11.4. The highest BCUT2D eigenvalue weighted by atomic mass is 32.1. The number of methoxy groups -OCH3 is 1. The summed E-state index contributed by atoms with van der Waals surface area (Å²) in [5, 5.41) is 15.0. The number of thiophene rings is 1. The fourth-order valence-corrected chi connectivity index (χ4v) is 5.22. The fraction of sp³-hybridized carbons (Fsp3) is 0.111. The van der Waals surface area contributed by atoms with Crippen LogP contribution in [0.5, 0.6) is 5.75 Å². The molecule has 2 heterocycles. The molecule has 1 unspecified atom stereocenters. The van der Waals surface area contributed by atoms with Gasteiger partial charge in [-0.3, -0.25) is 14.5 Å². The summed E-state index contributed by atoms with van der Waals surface area (Å²) in [6, 6.07) is 21.6. The molecular weight excluding hydrogens is 434 g/mol. The fourth-order valence-electron chi connectivity index (χ4n) is 4.40. The van der Waals surface area contributed by atoms with Gasteiger partial charge in [0.05, 0.1) is 18.4 Å². The molecular formula is C27H21NO4S. The number of ketones is 1. The Balaban J connectivity index is 1.74. The van der Waals surface area contributed by atoms with E-state index in [9.17, 15) is 14.7 Å². The van der Waals surface area contributed by atoms with Crippen LogP contribution in [0, 0.1) is 6.92 Å². The lowest BCUT2D eigenvalue weighted by molar-refractivity contribution is -0.132. The van der Waals surface area contributed by atoms with Crippen LogP contribution in [0.2, 0.25) is 0 Å². The van der Waals surface area contributed by atoms with Crippen molar-refractivity contribution in [2.75, 3.05) is 12.0 Å². The Labute approximate surface area is 195 Å². The molecule has 1 aromatic heterocycles. The molecule has 1 saturated heterocycles. The maximum absolute atomic E-state index is 13.4. The molecule has 6 heteroatoms. The van der Waals surface area contributed by atoms with Gasteiger partial charge in [-0.15, -0.1) is 11.3 Å². The van der Waals surface area contributed by atoms with Gasteiger partial charge < -0.3 is 9.84 Å². The Hall–Kier alpha value is -3.90. The molecule has 0 spiro atoms. The number of carbonyl (C=O) groups is 2. The van der Waals surface area contributed by atoms with Crippen molar-refractivity contribution >= 4 is 45.2 Å². The molecule has 1 aliphatic heterocycles. The molecule has 33 heavy (non-hydrogen) atoms. The summed E-state index contributed by atoms with van der Waals surface area (Å²) in [6.07, 6.45) is 0. The average Bonchev–Trinajstić information content (AvgIpc) is 3.45. The van der Waals surface area contributed by atoms with Crippen molar-refractivity contribution in [1.82, 2.24) is 0 Å². The predicted molar refractivity (Wildman–Crippen MR) is 131 cm³/mol. The van der Waals surface area contributed by atoms with Gasteiger partial charge in [0.1, 0.15) is 17.6 Å². The first-order valence-electron chi connectivity index (χ1n) is 10.5. The summed E-state index contributed by atoms with van der Waals surface area (Å²) in [4.78, 5) is 29.0. The highest BCUT2D eigenvalue weighted by molar-refractivity contribution is 7.10. The summed E-state index contributed by atoms with van der Waals surface area (Å²) < 4.78 is 5.31. The van der Waals surface area contributed by atoms with Gasteiger partial charge in [0.15, 0.2) is 0 Å². The van der Waals surface area contributed by atoms with E-state index in [2.05, 4.69) is 0 Å². The second-order valence-electron chi connectivity index (χ2n) is 7.87. The number of Topliss-reactive ketones (excluding diaryl/α,β-unsaturated/α-hetero) is 1. The van der Waals surface area contributed by atoms with Crippen LogP contribution in [0.25, 0.3) is 16.5 Å². The van der Waals surface area contributed by atoms with Crippen LogP contribution in [0.1, 0.15) is 22.0 Å². The largest absolute Gasteiger partial charge is 0.507 e. The zero-order chi connectivity index (χ0) is 23.1. The number of fused-ring (bicyclic) bond motifs is 1. The lowest BCUT2D eigenvalue weighted by Crippen LogP contribution is -2.29. The number of rotatable bonds is 4. The number of nitrogens with zero attached hydrogens (tertiary/aromatic N) is 1. The highest BCUT2D eigenvalue weighted by Gasteiger charge is 2.47. The van der Waals surface area contributed by atoms with Crippen LogP contribution >= 0.6 is 11.3 Å². The second-order valence-corrected chi connectivity index (χ2v) is 8.85. The third-order valence-corrected chi connectivity index (χ3v) is 6.88. The van der Waals surface area contributed by atoms with E-state index < -0.39 is 17.7 Å². The van der Waals surface area contributed by atoms with Crippen molar-refractivity contribution in [3.63, 3.8) is 0 Å². The number of benzene rings is 3. The van der Waals surface area contributed by atoms with E-state index in [1.54, 1.807) is 25.3 Å². The minimum Gasteiger partial charge on any atom is -0.507 e. The van der Waals surface area contributed by atoms with Crippen molar-refractivity contribution in [3.05, 3.63) is 99.8 Å². The molecule has 0 saturated carbocycles. The minimum absolute atomic E-state index is 0.0833. The molecule has 5 rings (SSSR count). The maximum atomic E-state index is 13.4. The highest BCUT2D eigenvalue weighted by Crippen LogP contribution is 2.45. The Bertz CT molecular complexity index is 1420. The van der Waals surface area contributed by atoms with Gasteiger partial charge >= 0.3 is 0 Å². The SMILES string of the molecule is COc1ccc(/C(O)=C2/C(=O)C(=O)N(c3cccc4ccccc34)C2c2cccs2)cc1C. The lowest BCUT2D eigenvalue weighted by atomic mass is 9.98. The van der Waals surface area contributed by atoms with E-state index in [1.807, 2.05) is 66.9 Å². The van der Waals surface area contributed by atoms with Crippen LogP contribution in [0.3, 0.4) is 0 Å². The third-order valence-electron chi connectivity index (χ3n) is 5.95. The molecule has 0 radical (unpaired) electrons. The smallest absolute Gasteiger partial charge is 0.300 e. The number of hydrogen-bond donors (Lipinski definition) is 1. The summed E-state index contributed by atoms with van der Waals surface area (Å²) in [5.74, 6) is -0.873. The van der Waals surface area contributed by atoms with E-state index >= 15 is 0 Å². The Morgan fingerprint density at radius 3 is 2.52 bits per heavy atom. The molecule has 164 valence electrons. The monoisotopic (exact) mass is 455 g/mol. The number of amides is 1. The first kappa shape index (κ1) is 21.0. The van der Waals surface area contributed by atoms with Crippen LogP contribution in [0.15, 0.2) is 83.7 Å². The van der Waals surface area contributed by atoms with Gasteiger partial charge in [0, 0.05) is 15.8 Å². The summed E-state index contributed by atoms with van der Waals surface area (Å²) >= 11 is 1.44. The molecule has 1 aliphatic rings. The predicted octanol–water partition coefficient (Wildman–Crippen LogP) is 5.84. The number of ether oxygens (including phenoxy) is 1. The van der Waals surface area contributed by atoms with E-state index in [0.29, 0.717) is 17.0 Å². The summed E-state index contributed by atoms with van der Waals surface area (Å²) in [5.41, 5.74) is 2.00. The topological polar surface area (TPSA) is 66.8 Å². The molecule has 0 bridgehead atoms. The number of aliphatic hydroxyl groups is 1. The molecule has 1 atom stereocenters. The molecule has 0 aliphatic carbocycles. The second kappa shape index (κ2) is 8.22. The molecule has 4 aromatic rings. The quantitative estimate of drug-likeness (QED) is 0.238.